The van der Waals surface area contributed by atoms with E-state index in [4.69, 9.17) is 0 Å². The van der Waals surface area contributed by atoms with Gasteiger partial charge in [0, 0.05) is 6.20 Å². The summed E-state index contributed by atoms with van der Waals surface area (Å²) >= 11 is 0. The molecule has 1 saturated carbocycles. The Bertz CT molecular complexity index is 1270. The van der Waals surface area contributed by atoms with Crippen molar-refractivity contribution in [2.75, 3.05) is 5.75 Å². The lowest BCUT2D eigenvalue weighted by molar-refractivity contribution is -0.160. The first-order valence-corrected chi connectivity index (χ1v) is 12.4. The molecule has 1 aromatic heterocycles. The lowest BCUT2D eigenvalue weighted by Crippen LogP contribution is -2.54. The fraction of sp³-hybridized carbons (Fsp3) is 0.409. The monoisotopic (exact) mass is 552 g/mol. The van der Waals surface area contributed by atoms with Gasteiger partial charge in [0.25, 0.3) is 0 Å². The van der Waals surface area contributed by atoms with Crippen molar-refractivity contribution in [3.05, 3.63) is 65.2 Å². The number of hydrogen-bond acceptors (Lipinski definition) is 6. The molecule has 0 radical (unpaired) electrons. The standard InChI is InChI=1S/C22H19F7N4O3S/c23-15-4-2-14(3-5-15)18(22(27,28)29)32-16(19(34)33-20(12-30)7-8-20)11-37(35,36)10-13-1-6-17(31-9-13)21(24,25)26/h1-6,9,16,18,32H,7-8,10-11H2,(H,33,34)/t16-,18-/m0/s1. The number of sulfone groups is 1. The van der Waals surface area contributed by atoms with E-state index in [1.54, 1.807) is 6.07 Å². The van der Waals surface area contributed by atoms with E-state index in [1.807, 2.05) is 5.32 Å². The van der Waals surface area contributed by atoms with Gasteiger partial charge in [0.15, 0.2) is 9.84 Å². The normalized spacial score (nSPS) is 16.9. The number of alkyl halides is 6. The number of amides is 1. The van der Waals surface area contributed by atoms with Crippen molar-refractivity contribution in [1.29, 1.82) is 5.26 Å². The van der Waals surface area contributed by atoms with Crippen LogP contribution in [0.3, 0.4) is 0 Å². The van der Waals surface area contributed by atoms with Crippen molar-refractivity contribution in [3.8, 4) is 6.07 Å². The van der Waals surface area contributed by atoms with Crippen LogP contribution in [0.15, 0.2) is 42.6 Å². The second-order valence-corrected chi connectivity index (χ2v) is 10.6. The minimum atomic E-state index is -5.04. The minimum Gasteiger partial charge on any atom is -0.336 e. The Morgan fingerprint density at radius 3 is 2.16 bits per heavy atom. The fourth-order valence-electron chi connectivity index (χ4n) is 3.39. The van der Waals surface area contributed by atoms with Gasteiger partial charge >= 0.3 is 12.4 Å². The van der Waals surface area contributed by atoms with Crippen LogP contribution in [0, 0.1) is 17.1 Å². The quantitative estimate of drug-likeness (QED) is 0.460. The molecule has 1 aliphatic rings. The molecule has 7 nitrogen and oxygen atoms in total. The van der Waals surface area contributed by atoms with E-state index in [0.717, 1.165) is 30.3 Å². The Labute approximate surface area is 206 Å². The first-order valence-electron chi connectivity index (χ1n) is 10.6. The number of carbonyl (C=O) groups excluding carboxylic acids is 1. The predicted molar refractivity (Wildman–Crippen MR) is 115 cm³/mol. The highest BCUT2D eigenvalue weighted by molar-refractivity contribution is 7.90. The number of benzene rings is 1. The van der Waals surface area contributed by atoms with Crippen molar-refractivity contribution in [2.24, 2.45) is 0 Å². The van der Waals surface area contributed by atoms with Crippen LogP contribution in [0.2, 0.25) is 0 Å². The Hall–Kier alpha value is -3.25. The number of nitrogens with one attached hydrogen (secondary N) is 2. The fourth-order valence-corrected chi connectivity index (χ4v) is 4.94. The van der Waals surface area contributed by atoms with E-state index >= 15 is 0 Å². The van der Waals surface area contributed by atoms with E-state index in [2.05, 4.69) is 10.3 Å². The topological polar surface area (TPSA) is 112 Å². The molecule has 0 bridgehead atoms. The summed E-state index contributed by atoms with van der Waals surface area (Å²) in [4.78, 5) is 16.0. The van der Waals surface area contributed by atoms with Gasteiger partial charge in [-0.1, -0.05) is 18.2 Å². The summed E-state index contributed by atoms with van der Waals surface area (Å²) in [7, 11) is -4.40. The van der Waals surface area contributed by atoms with E-state index in [1.165, 1.54) is 0 Å². The van der Waals surface area contributed by atoms with Crippen LogP contribution in [0.5, 0.6) is 0 Å². The third-order valence-corrected chi connectivity index (χ3v) is 7.08. The summed E-state index contributed by atoms with van der Waals surface area (Å²) in [5.41, 5.74) is -3.29. The molecule has 0 spiro atoms. The number of nitrogens with zero attached hydrogens (tertiary/aromatic N) is 2. The van der Waals surface area contributed by atoms with Gasteiger partial charge in [-0.15, -0.1) is 0 Å². The second-order valence-electron chi connectivity index (χ2n) is 8.53. The highest BCUT2D eigenvalue weighted by Crippen LogP contribution is 2.36. The minimum absolute atomic E-state index is 0.186. The molecule has 1 amide bonds. The predicted octanol–water partition coefficient (Wildman–Crippen LogP) is 3.59. The van der Waals surface area contributed by atoms with E-state index in [9.17, 15) is 49.2 Å². The SMILES string of the molecule is N#CC1(NC(=O)[C@H](CS(=O)(=O)Cc2ccc(C(F)(F)F)nc2)N[C@@H](c2ccc(F)cc2)C(F)(F)F)CC1. The molecule has 1 fully saturated rings. The third kappa shape index (κ3) is 7.62. The number of halogens is 7. The molecule has 1 aromatic carbocycles. The molecule has 0 saturated heterocycles. The Morgan fingerprint density at radius 2 is 1.70 bits per heavy atom. The number of carbonyl (C=O) groups is 1. The van der Waals surface area contributed by atoms with Gasteiger partial charge in [0.05, 0.1) is 17.6 Å². The maximum atomic E-state index is 13.9. The zero-order valence-electron chi connectivity index (χ0n) is 18.7. The number of nitriles is 1. The molecule has 2 atom stereocenters. The second kappa shape index (κ2) is 10.3. The van der Waals surface area contributed by atoms with Gasteiger partial charge < -0.3 is 5.32 Å². The Balaban J connectivity index is 1.87. The van der Waals surface area contributed by atoms with Crippen LogP contribution < -0.4 is 10.6 Å². The van der Waals surface area contributed by atoms with Gasteiger partial charge in [-0.2, -0.15) is 31.6 Å². The summed E-state index contributed by atoms with van der Waals surface area (Å²) in [6.45, 7) is 0. The molecule has 15 heteroatoms. The van der Waals surface area contributed by atoms with Gasteiger partial charge in [-0.05, 0) is 42.2 Å². The highest BCUT2D eigenvalue weighted by atomic mass is 32.2. The summed E-state index contributed by atoms with van der Waals surface area (Å²) in [6.07, 6.45) is -8.71. The Kier molecular flexibility index (Phi) is 7.85. The van der Waals surface area contributed by atoms with Crippen LogP contribution in [0.1, 0.15) is 35.7 Å². The van der Waals surface area contributed by atoms with Crippen molar-refractivity contribution in [2.45, 2.75) is 48.6 Å². The maximum Gasteiger partial charge on any atom is 0.433 e. The van der Waals surface area contributed by atoms with Crippen LogP contribution in [0.25, 0.3) is 0 Å². The van der Waals surface area contributed by atoms with Gasteiger partial charge in [-0.3, -0.25) is 15.1 Å². The lowest BCUT2D eigenvalue weighted by Gasteiger charge is -2.28. The average molecular weight is 552 g/mol. The average Bonchev–Trinajstić information content (AvgIpc) is 3.56. The highest BCUT2D eigenvalue weighted by Gasteiger charge is 2.48. The molecular formula is C22H19F7N4O3S. The van der Waals surface area contributed by atoms with E-state index < -0.39 is 74.3 Å². The van der Waals surface area contributed by atoms with Gasteiger partial charge in [-0.25, -0.2) is 12.8 Å². The number of aromatic nitrogens is 1. The number of pyridine rings is 1. The summed E-state index contributed by atoms with van der Waals surface area (Å²) < 4.78 is 119. The first-order chi connectivity index (χ1) is 17.0. The molecule has 37 heavy (non-hydrogen) atoms. The molecule has 1 heterocycles. The zero-order chi connectivity index (χ0) is 27.6. The summed E-state index contributed by atoms with van der Waals surface area (Å²) in [5, 5.41) is 13.4. The Morgan fingerprint density at radius 1 is 1.08 bits per heavy atom. The summed E-state index contributed by atoms with van der Waals surface area (Å²) in [5.74, 6) is -4.11. The maximum absolute atomic E-state index is 13.9. The molecule has 3 rings (SSSR count). The smallest absolute Gasteiger partial charge is 0.336 e. The van der Waals surface area contributed by atoms with Crippen LogP contribution in [0.4, 0.5) is 30.7 Å². The molecule has 200 valence electrons. The van der Waals surface area contributed by atoms with Crippen LogP contribution >= 0.6 is 0 Å². The van der Waals surface area contributed by atoms with Crippen molar-refractivity contribution >= 4 is 15.7 Å². The number of hydrogen-bond donors (Lipinski definition) is 2. The molecule has 0 aliphatic heterocycles. The number of rotatable bonds is 9. The van der Waals surface area contributed by atoms with Crippen molar-refractivity contribution < 1.29 is 43.9 Å². The zero-order valence-corrected chi connectivity index (χ0v) is 19.5. The van der Waals surface area contributed by atoms with E-state index in [0.29, 0.717) is 12.3 Å². The molecule has 2 aromatic rings. The van der Waals surface area contributed by atoms with Gasteiger partial charge in [0.2, 0.25) is 5.91 Å². The van der Waals surface area contributed by atoms with Crippen LogP contribution in [-0.2, 0) is 26.6 Å². The van der Waals surface area contributed by atoms with Crippen molar-refractivity contribution in [3.63, 3.8) is 0 Å². The third-order valence-electron chi connectivity index (χ3n) is 5.46. The largest absolute Gasteiger partial charge is 0.433 e. The molecule has 2 N–H and O–H groups in total. The lowest BCUT2D eigenvalue weighted by atomic mass is 10.0. The van der Waals surface area contributed by atoms with Crippen LogP contribution in [-0.4, -0.2) is 42.8 Å². The molecular weight excluding hydrogens is 533 g/mol. The van der Waals surface area contributed by atoms with Crippen molar-refractivity contribution in [1.82, 2.24) is 15.6 Å². The summed E-state index contributed by atoms with van der Waals surface area (Å²) in [6, 6.07) is 1.75. The van der Waals surface area contributed by atoms with E-state index in [-0.39, 0.29) is 18.4 Å². The molecule has 0 unspecified atom stereocenters. The molecule has 1 aliphatic carbocycles. The van der Waals surface area contributed by atoms with Gasteiger partial charge in [0.1, 0.15) is 29.1 Å². The first kappa shape index (κ1) is 28.3.